The van der Waals surface area contributed by atoms with Crippen LogP contribution >= 0.6 is 0 Å². The summed E-state index contributed by atoms with van der Waals surface area (Å²) in [7, 11) is -3.44. The first-order valence-electron chi connectivity index (χ1n) is 7.21. The maximum absolute atomic E-state index is 11.9. The van der Waals surface area contributed by atoms with Gasteiger partial charge in [0.1, 0.15) is 5.82 Å². The lowest BCUT2D eigenvalue weighted by atomic mass is 9.99. The maximum Gasteiger partial charge on any atom is 0.257 e. The van der Waals surface area contributed by atoms with Gasteiger partial charge < -0.3 is 9.88 Å². The lowest BCUT2D eigenvalue weighted by Gasteiger charge is -2.30. The number of nitrogens with one attached hydrogen (secondary N) is 2. The highest BCUT2D eigenvalue weighted by molar-refractivity contribution is 7.89. The molecule has 0 atom stereocenters. The van der Waals surface area contributed by atoms with Gasteiger partial charge in [-0.05, 0) is 51.7 Å². The van der Waals surface area contributed by atoms with Crippen LogP contribution in [-0.4, -0.2) is 49.5 Å². The van der Waals surface area contributed by atoms with E-state index in [4.69, 9.17) is 0 Å². The van der Waals surface area contributed by atoms with Crippen LogP contribution in [0.2, 0.25) is 0 Å². The van der Waals surface area contributed by atoms with Crippen molar-refractivity contribution in [2.45, 2.75) is 38.1 Å². The monoisotopic (exact) mass is 300 g/mol. The van der Waals surface area contributed by atoms with Crippen LogP contribution in [0.1, 0.15) is 32.0 Å². The predicted octanol–water partition coefficient (Wildman–Crippen LogP) is 1.12. The smallest absolute Gasteiger partial charge is 0.257 e. The lowest BCUT2D eigenvalue weighted by molar-refractivity contribution is 0.191. The van der Waals surface area contributed by atoms with Crippen molar-refractivity contribution < 1.29 is 8.42 Å². The molecule has 7 heteroatoms. The Labute approximate surface area is 121 Å². The van der Waals surface area contributed by atoms with Gasteiger partial charge in [-0.3, -0.25) is 0 Å². The van der Waals surface area contributed by atoms with Crippen molar-refractivity contribution >= 4 is 10.0 Å². The highest BCUT2D eigenvalue weighted by Crippen LogP contribution is 2.15. The molecule has 0 spiro atoms. The molecule has 1 aromatic rings. The second kappa shape index (κ2) is 6.69. The SMILES string of the molecule is Cc1ncc(S(=O)(=O)NCCCN2CCC(C)CC2)[nH]1. The minimum atomic E-state index is -3.44. The number of aromatic nitrogens is 2. The van der Waals surface area contributed by atoms with Crippen LogP contribution in [0, 0.1) is 12.8 Å². The zero-order valence-electron chi connectivity index (χ0n) is 12.2. The summed E-state index contributed by atoms with van der Waals surface area (Å²) in [6, 6.07) is 0. The van der Waals surface area contributed by atoms with Crippen molar-refractivity contribution in [3.63, 3.8) is 0 Å². The van der Waals surface area contributed by atoms with Crippen molar-refractivity contribution in [1.82, 2.24) is 19.6 Å². The van der Waals surface area contributed by atoms with Gasteiger partial charge in [-0.15, -0.1) is 0 Å². The van der Waals surface area contributed by atoms with Crippen molar-refractivity contribution in [3.8, 4) is 0 Å². The average molecular weight is 300 g/mol. The number of aryl methyl sites for hydroxylation is 1. The summed E-state index contributed by atoms with van der Waals surface area (Å²) >= 11 is 0. The fourth-order valence-corrected chi connectivity index (χ4v) is 3.45. The van der Waals surface area contributed by atoms with Gasteiger partial charge in [0.25, 0.3) is 10.0 Å². The number of hydrogen-bond donors (Lipinski definition) is 2. The molecule has 1 aliphatic rings. The van der Waals surface area contributed by atoms with Crippen LogP contribution in [0.4, 0.5) is 0 Å². The lowest BCUT2D eigenvalue weighted by Crippen LogP contribution is -2.35. The van der Waals surface area contributed by atoms with E-state index in [1.54, 1.807) is 6.92 Å². The minimum absolute atomic E-state index is 0.141. The topological polar surface area (TPSA) is 78.1 Å². The fourth-order valence-electron chi connectivity index (χ4n) is 2.41. The molecule has 1 fully saturated rings. The molecule has 0 saturated carbocycles. The van der Waals surface area contributed by atoms with E-state index in [-0.39, 0.29) is 5.03 Å². The van der Waals surface area contributed by atoms with E-state index < -0.39 is 10.0 Å². The molecular weight excluding hydrogens is 276 g/mol. The Balaban J connectivity index is 1.70. The van der Waals surface area contributed by atoms with Crippen LogP contribution in [0.3, 0.4) is 0 Å². The fraction of sp³-hybridized carbons (Fsp3) is 0.769. The summed E-state index contributed by atoms with van der Waals surface area (Å²) in [4.78, 5) is 9.06. The molecule has 1 aromatic heterocycles. The number of nitrogens with zero attached hydrogens (tertiary/aromatic N) is 2. The molecule has 20 heavy (non-hydrogen) atoms. The largest absolute Gasteiger partial charge is 0.332 e. The Morgan fingerprint density at radius 1 is 1.45 bits per heavy atom. The molecule has 0 aliphatic carbocycles. The van der Waals surface area contributed by atoms with E-state index in [1.807, 2.05) is 0 Å². The standard InChI is InChI=1S/C13H24N4O2S/c1-11-4-8-17(9-5-11)7-3-6-15-20(18,19)13-10-14-12(2)16-13/h10-11,15H,3-9H2,1-2H3,(H,14,16). The van der Waals surface area contributed by atoms with Crippen molar-refractivity contribution in [2.75, 3.05) is 26.2 Å². The zero-order chi connectivity index (χ0) is 14.6. The molecule has 2 rings (SSSR count). The van der Waals surface area contributed by atoms with Gasteiger partial charge >= 0.3 is 0 Å². The molecular formula is C13H24N4O2S. The van der Waals surface area contributed by atoms with E-state index in [0.717, 1.165) is 32.0 Å². The predicted molar refractivity (Wildman–Crippen MR) is 78.0 cm³/mol. The number of likely N-dealkylation sites (tertiary alicyclic amines) is 1. The Morgan fingerprint density at radius 3 is 2.75 bits per heavy atom. The Bertz CT molecular complexity index is 518. The Hall–Kier alpha value is -0.920. The summed E-state index contributed by atoms with van der Waals surface area (Å²) in [5, 5.41) is 0.141. The van der Waals surface area contributed by atoms with Gasteiger partial charge in [-0.1, -0.05) is 6.92 Å². The molecule has 1 aliphatic heterocycles. The maximum atomic E-state index is 11.9. The van der Waals surface area contributed by atoms with Crippen molar-refractivity contribution in [1.29, 1.82) is 0 Å². The van der Waals surface area contributed by atoms with Gasteiger partial charge in [0.05, 0.1) is 6.20 Å². The second-order valence-corrected chi connectivity index (χ2v) is 7.34. The number of hydrogen-bond acceptors (Lipinski definition) is 4. The van der Waals surface area contributed by atoms with Crippen LogP contribution < -0.4 is 4.72 Å². The van der Waals surface area contributed by atoms with E-state index in [1.165, 1.54) is 19.0 Å². The molecule has 0 aromatic carbocycles. The highest BCUT2D eigenvalue weighted by atomic mass is 32.2. The van der Waals surface area contributed by atoms with E-state index in [0.29, 0.717) is 12.4 Å². The molecule has 0 radical (unpaired) electrons. The highest BCUT2D eigenvalue weighted by Gasteiger charge is 2.17. The summed E-state index contributed by atoms with van der Waals surface area (Å²) < 4.78 is 26.5. The molecule has 6 nitrogen and oxygen atoms in total. The number of piperidine rings is 1. The summed E-state index contributed by atoms with van der Waals surface area (Å²) in [5.41, 5.74) is 0. The Kier molecular flexibility index (Phi) is 5.17. The van der Waals surface area contributed by atoms with Gasteiger partial charge in [0, 0.05) is 6.54 Å². The molecule has 1 saturated heterocycles. The second-order valence-electron chi connectivity index (χ2n) is 5.61. The van der Waals surface area contributed by atoms with Crippen LogP contribution in [0.5, 0.6) is 0 Å². The summed E-state index contributed by atoms with van der Waals surface area (Å²) in [5.74, 6) is 1.43. The third kappa shape index (κ3) is 4.29. The number of sulfonamides is 1. The average Bonchev–Trinajstić information content (AvgIpc) is 2.84. The van der Waals surface area contributed by atoms with Crippen molar-refractivity contribution in [3.05, 3.63) is 12.0 Å². The first-order chi connectivity index (χ1) is 9.47. The molecule has 2 heterocycles. The Morgan fingerprint density at radius 2 is 2.15 bits per heavy atom. The zero-order valence-corrected chi connectivity index (χ0v) is 13.0. The normalized spacial score (nSPS) is 18.5. The van der Waals surface area contributed by atoms with E-state index in [9.17, 15) is 8.42 Å². The van der Waals surface area contributed by atoms with Gasteiger partial charge in [-0.25, -0.2) is 18.1 Å². The van der Waals surface area contributed by atoms with E-state index in [2.05, 4.69) is 26.5 Å². The van der Waals surface area contributed by atoms with Gasteiger partial charge in [0.15, 0.2) is 5.03 Å². The van der Waals surface area contributed by atoms with Gasteiger partial charge in [0.2, 0.25) is 0 Å². The number of aromatic amines is 1. The van der Waals surface area contributed by atoms with Crippen LogP contribution in [0.25, 0.3) is 0 Å². The summed E-state index contributed by atoms with van der Waals surface area (Å²) in [6.07, 6.45) is 4.68. The van der Waals surface area contributed by atoms with Crippen LogP contribution in [-0.2, 0) is 10.0 Å². The first kappa shape index (κ1) is 15.5. The van der Waals surface area contributed by atoms with Gasteiger partial charge in [-0.2, -0.15) is 0 Å². The van der Waals surface area contributed by atoms with Crippen molar-refractivity contribution in [2.24, 2.45) is 5.92 Å². The third-order valence-corrected chi connectivity index (χ3v) is 5.16. The first-order valence-corrected chi connectivity index (χ1v) is 8.69. The molecule has 0 bridgehead atoms. The molecule has 2 N–H and O–H groups in total. The molecule has 0 unspecified atom stereocenters. The number of rotatable bonds is 6. The number of H-pyrrole nitrogens is 1. The third-order valence-electron chi connectivity index (χ3n) is 3.79. The minimum Gasteiger partial charge on any atom is -0.332 e. The van der Waals surface area contributed by atoms with E-state index >= 15 is 0 Å². The summed E-state index contributed by atoms with van der Waals surface area (Å²) in [6.45, 7) is 7.71. The molecule has 114 valence electrons. The molecule has 0 amide bonds. The van der Waals surface area contributed by atoms with Crippen LogP contribution in [0.15, 0.2) is 11.2 Å². The number of imidazole rings is 1. The quantitative estimate of drug-likeness (QED) is 0.772.